The summed E-state index contributed by atoms with van der Waals surface area (Å²) < 4.78 is 15.4. The highest BCUT2D eigenvalue weighted by atomic mass is 16.5. The van der Waals surface area contributed by atoms with E-state index in [1.807, 2.05) is 13.8 Å². The standard InChI is InChI=1S/C17H31NO7/c1-3-5-8-15(17(21)22)18-16(20)13-25-11-10-24-9-6-7-14(19)12-23-4-2/h15H,3-13H2,1-2H3,(H,18,20)(H,21,22). The summed E-state index contributed by atoms with van der Waals surface area (Å²) in [5, 5.41) is 11.5. The lowest BCUT2D eigenvalue weighted by atomic mass is 10.1. The van der Waals surface area contributed by atoms with Crippen molar-refractivity contribution >= 4 is 17.7 Å². The van der Waals surface area contributed by atoms with Gasteiger partial charge in [0.25, 0.3) is 0 Å². The number of unbranched alkanes of at least 4 members (excludes halogenated alkanes) is 1. The molecule has 0 heterocycles. The van der Waals surface area contributed by atoms with Crippen LogP contribution in [0.1, 0.15) is 46.0 Å². The van der Waals surface area contributed by atoms with Gasteiger partial charge in [-0.1, -0.05) is 19.8 Å². The van der Waals surface area contributed by atoms with Crippen molar-refractivity contribution in [1.82, 2.24) is 5.32 Å². The van der Waals surface area contributed by atoms with Crippen LogP contribution in [0.25, 0.3) is 0 Å². The normalized spacial score (nSPS) is 11.9. The summed E-state index contributed by atoms with van der Waals surface area (Å²) in [6.45, 7) is 5.24. The maximum Gasteiger partial charge on any atom is 0.326 e. The van der Waals surface area contributed by atoms with Crippen LogP contribution in [-0.4, -0.2) is 68.4 Å². The third kappa shape index (κ3) is 14.5. The predicted molar refractivity (Wildman–Crippen MR) is 91.5 cm³/mol. The lowest BCUT2D eigenvalue weighted by Gasteiger charge is -2.14. The van der Waals surface area contributed by atoms with E-state index in [0.29, 0.717) is 39.1 Å². The van der Waals surface area contributed by atoms with E-state index in [1.54, 1.807) is 0 Å². The van der Waals surface area contributed by atoms with E-state index < -0.39 is 17.9 Å². The molecule has 0 bridgehead atoms. The van der Waals surface area contributed by atoms with Gasteiger partial charge in [-0.15, -0.1) is 0 Å². The Labute approximate surface area is 149 Å². The molecular formula is C17H31NO7. The first-order valence-corrected chi connectivity index (χ1v) is 8.78. The summed E-state index contributed by atoms with van der Waals surface area (Å²) in [7, 11) is 0. The van der Waals surface area contributed by atoms with Crippen LogP contribution in [0.3, 0.4) is 0 Å². The van der Waals surface area contributed by atoms with E-state index in [1.165, 1.54) is 0 Å². The maximum atomic E-state index is 11.6. The first-order chi connectivity index (χ1) is 12.0. The van der Waals surface area contributed by atoms with E-state index in [9.17, 15) is 14.4 Å². The number of hydrogen-bond donors (Lipinski definition) is 2. The first-order valence-electron chi connectivity index (χ1n) is 8.78. The quantitative estimate of drug-likeness (QED) is 0.374. The number of nitrogens with one attached hydrogen (secondary N) is 1. The van der Waals surface area contributed by atoms with Gasteiger partial charge >= 0.3 is 5.97 Å². The lowest BCUT2D eigenvalue weighted by Crippen LogP contribution is -2.42. The Bertz CT molecular complexity index is 387. The zero-order valence-corrected chi connectivity index (χ0v) is 15.3. The SMILES string of the molecule is CCCCC(NC(=O)COCCOCCCC(=O)COCC)C(=O)O. The molecular weight excluding hydrogens is 330 g/mol. The van der Waals surface area contributed by atoms with Gasteiger partial charge in [-0.3, -0.25) is 9.59 Å². The second kappa shape index (κ2) is 16.0. The van der Waals surface area contributed by atoms with Gasteiger partial charge in [0.15, 0.2) is 5.78 Å². The summed E-state index contributed by atoms with van der Waals surface area (Å²) in [5.41, 5.74) is 0. The van der Waals surface area contributed by atoms with E-state index in [-0.39, 0.29) is 25.6 Å². The topological polar surface area (TPSA) is 111 Å². The molecule has 8 heteroatoms. The number of Topliss-reactive ketones (excluding diaryl/α,β-unsaturated/α-hetero) is 1. The van der Waals surface area contributed by atoms with Crippen LogP contribution >= 0.6 is 0 Å². The van der Waals surface area contributed by atoms with Crippen molar-refractivity contribution in [2.24, 2.45) is 0 Å². The molecule has 0 radical (unpaired) electrons. The van der Waals surface area contributed by atoms with E-state index in [0.717, 1.165) is 12.8 Å². The molecule has 0 saturated heterocycles. The number of amides is 1. The number of carbonyl (C=O) groups excluding carboxylic acids is 2. The molecule has 0 aliphatic heterocycles. The Morgan fingerprint density at radius 1 is 0.960 bits per heavy atom. The van der Waals surface area contributed by atoms with E-state index in [2.05, 4.69) is 5.32 Å². The Kier molecular flexibility index (Phi) is 15.0. The molecule has 0 aliphatic carbocycles. The molecule has 0 aromatic heterocycles. The molecule has 25 heavy (non-hydrogen) atoms. The Balaban J connectivity index is 3.59. The fraction of sp³-hybridized carbons (Fsp3) is 0.824. The molecule has 0 aromatic rings. The number of hydrogen-bond acceptors (Lipinski definition) is 6. The van der Waals surface area contributed by atoms with Gasteiger partial charge in [0.1, 0.15) is 19.3 Å². The molecule has 0 aromatic carbocycles. The van der Waals surface area contributed by atoms with Crippen LogP contribution in [-0.2, 0) is 28.6 Å². The number of rotatable bonds is 17. The van der Waals surface area contributed by atoms with Gasteiger partial charge < -0.3 is 24.6 Å². The van der Waals surface area contributed by atoms with Gasteiger partial charge in [0.05, 0.1) is 13.2 Å². The molecule has 0 spiro atoms. The minimum Gasteiger partial charge on any atom is -0.480 e. The van der Waals surface area contributed by atoms with Gasteiger partial charge in [0.2, 0.25) is 5.91 Å². The molecule has 0 rings (SSSR count). The smallest absolute Gasteiger partial charge is 0.326 e. The van der Waals surface area contributed by atoms with Crippen LogP contribution in [0.4, 0.5) is 0 Å². The lowest BCUT2D eigenvalue weighted by molar-refractivity contribution is -0.142. The van der Waals surface area contributed by atoms with Crippen molar-refractivity contribution in [1.29, 1.82) is 0 Å². The van der Waals surface area contributed by atoms with Crippen molar-refractivity contribution in [2.45, 2.75) is 52.0 Å². The molecule has 146 valence electrons. The minimum atomic E-state index is -1.04. The third-order valence-electron chi connectivity index (χ3n) is 3.30. The van der Waals surface area contributed by atoms with Crippen molar-refractivity contribution < 1.29 is 33.7 Å². The third-order valence-corrected chi connectivity index (χ3v) is 3.30. The molecule has 0 fully saturated rings. The number of carboxylic acids is 1. The van der Waals surface area contributed by atoms with Crippen molar-refractivity contribution in [3.8, 4) is 0 Å². The highest BCUT2D eigenvalue weighted by molar-refractivity contribution is 5.84. The van der Waals surface area contributed by atoms with Crippen LogP contribution in [0, 0.1) is 0 Å². The fourth-order valence-electron chi connectivity index (χ4n) is 1.95. The zero-order valence-electron chi connectivity index (χ0n) is 15.3. The van der Waals surface area contributed by atoms with Gasteiger partial charge in [0, 0.05) is 19.6 Å². The number of carbonyl (C=O) groups is 3. The Morgan fingerprint density at radius 3 is 2.32 bits per heavy atom. The van der Waals surface area contributed by atoms with Crippen LogP contribution in [0.5, 0.6) is 0 Å². The molecule has 1 atom stereocenters. The molecule has 0 aliphatic rings. The van der Waals surface area contributed by atoms with Gasteiger partial charge in [-0.2, -0.15) is 0 Å². The predicted octanol–water partition coefficient (Wildman–Crippen LogP) is 1.17. The number of ketones is 1. The Morgan fingerprint density at radius 2 is 1.68 bits per heavy atom. The zero-order chi connectivity index (χ0) is 18.9. The summed E-state index contributed by atoms with van der Waals surface area (Å²) in [6.07, 6.45) is 3.04. The molecule has 2 N–H and O–H groups in total. The van der Waals surface area contributed by atoms with Crippen molar-refractivity contribution in [2.75, 3.05) is 39.6 Å². The maximum absolute atomic E-state index is 11.6. The number of carboxylic acid groups (broad SMARTS) is 1. The monoisotopic (exact) mass is 361 g/mol. The minimum absolute atomic E-state index is 0.0504. The highest BCUT2D eigenvalue weighted by Crippen LogP contribution is 2.01. The largest absolute Gasteiger partial charge is 0.480 e. The highest BCUT2D eigenvalue weighted by Gasteiger charge is 2.18. The molecule has 8 nitrogen and oxygen atoms in total. The second-order valence-electron chi connectivity index (χ2n) is 5.54. The van der Waals surface area contributed by atoms with E-state index >= 15 is 0 Å². The van der Waals surface area contributed by atoms with Gasteiger partial charge in [-0.25, -0.2) is 4.79 Å². The fourth-order valence-corrected chi connectivity index (χ4v) is 1.95. The molecule has 1 unspecified atom stereocenters. The average molecular weight is 361 g/mol. The second-order valence-corrected chi connectivity index (χ2v) is 5.54. The summed E-state index contributed by atoms with van der Waals surface area (Å²) in [4.78, 5) is 34.0. The van der Waals surface area contributed by atoms with Crippen LogP contribution in [0.2, 0.25) is 0 Å². The Hall–Kier alpha value is -1.51. The van der Waals surface area contributed by atoms with Crippen LogP contribution < -0.4 is 5.32 Å². The van der Waals surface area contributed by atoms with Crippen LogP contribution in [0.15, 0.2) is 0 Å². The summed E-state index contributed by atoms with van der Waals surface area (Å²) in [6, 6.07) is -0.874. The number of ether oxygens (including phenoxy) is 3. The average Bonchev–Trinajstić information content (AvgIpc) is 2.58. The van der Waals surface area contributed by atoms with Gasteiger partial charge in [-0.05, 0) is 19.8 Å². The molecule has 1 amide bonds. The number of aliphatic carboxylic acids is 1. The summed E-state index contributed by atoms with van der Waals surface area (Å²) >= 11 is 0. The van der Waals surface area contributed by atoms with Crippen molar-refractivity contribution in [3.05, 3.63) is 0 Å². The molecule has 0 saturated carbocycles. The first kappa shape index (κ1) is 23.5. The summed E-state index contributed by atoms with van der Waals surface area (Å²) in [5.74, 6) is -1.44. The van der Waals surface area contributed by atoms with E-state index in [4.69, 9.17) is 19.3 Å². The van der Waals surface area contributed by atoms with Crippen molar-refractivity contribution in [3.63, 3.8) is 0 Å².